The van der Waals surface area contributed by atoms with Gasteiger partial charge in [-0.15, -0.1) is 4.41 Å². The Morgan fingerprint density at radius 2 is 2.04 bits per heavy atom. The van der Waals surface area contributed by atoms with Gasteiger partial charge in [-0.05, 0) is 25.1 Å². The Bertz CT molecular complexity index is 670. The third kappa shape index (κ3) is 3.63. The molecule has 1 aliphatic heterocycles. The molecule has 1 heterocycles. The summed E-state index contributed by atoms with van der Waals surface area (Å²) < 4.78 is 37.6. The van der Waals surface area contributed by atoms with Gasteiger partial charge in [-0.1, -0.05) is 0 Å². The molecule has 0 unspecified atom stereocenters. The van der Waals surface area contributed by atoms with E-state index in [0.29, 0.717) is 26.3 Å². The number of methoxy groups -OCH3 is 1. The number of ether oxygens (including phenoxy) is 2. The topological polar surface area (TPSA) is 96.4 Å². The van der Waals surface area contributed by atoms with Gasteiger partial charge in [-0.25, -0.2) is 18.2 Å². The summed E-state index contributed by atoms with van der Waals surface area (Å²) in [5.74, 6) is -1.08. The normalized spacial score (nSPS) is 16.5. The van der Waals surface area contributed by atoms with E-state index >= 15 is 0 Å². The summed E-state index contributed by atoms with van der Waals surface area (Å²) in [4.78, 5) is 11.0. The minimum Gasteiger partial charge on any atom is -0.495 e. The second kappa shape index (κ2) is 7.26. The van der Waals surface area contributed by atoms with Crippen molar-refractivity contribution in [2.24, 2.45) is 0 Å². The summed E-state index contributed by atoms with van der Waals surface area (Å²) in [6.45, 7) is 3.74. The highest BCUT2D eigenvalue weighted by molar-refractivity contribution is 7.89. The largest absolute Gasteiger partial charge is 0.495 e. The number of carboxylic acids is 1. The summed E-state index contributed by atoms with van der Waals surface area (Å²) in [5.41, 5.74) is -0.109. The van der Waals surface area contributed by atoms with Crippen LogP contribution in [-0.2, 0) is 14.8 Å². The molecule has 0 amide bonds. The minimum absolute atomic E-state index is 0.109. The molecule has 23 heavy (non-hydrogen) atoms. The Labute approximate surface area is 135 Å². The SMILES string of the molecule is CCN(N1CCOCC1)S(=O)(=O)c1cc(C(=O)O)ccc1OC. The summed E-state index contributed by atoms with van der Waals surface area (Å²) >= 11 is 0. The Balaban J connectivity index is 2.47. The van der Waals surface area contributed by atoms with Crippen molar-refractivity contribution in [3.05, 3.63) is 23.8 Å². The second-order valence-corrected chi connectivity index (χ2v) is 6.69. The molecular formula is C14H20N2O6S. The summed E-state index contributed by atoms with van der Waals surface area (Å²) in [6.07, 6.45) is 0. The molecular weight excluding hydrogens is 324 g/mol. The van der Waals surface area contributed by atoms with Crippen LogP contribution < -0.4 is 4.74 Å². The molecule has 0 aromatic heterocycles. The number of benzene rings is 1. The molecule has 1 N–H and O–H groups in total. The van der Waals surface area contributed by atoms with Gasteiger partial charge in [-0.3, -0.25) is 0 Å². The molecule has 0 saturated carbocycles. The van der Waals surface area contributed by atoms with Crippen molar-refractivity contribution >= 4 is 16.0 Å². The zero-order valence-electron chi connectivity index (χ0n) is 13.1. The van der Waals surface area contributed by atoms with Crippen molar-refractivity contribution in [1.29, 1.82) is 0 Å². The van der Waals surface area contributed by atoms with Gasteiger partial charge >= 0.3 is 5.97 Å². The van der Waals surface area contributed by atoms with Crippen molar-refractivity contribution in [1.82, 2.24) is 9.42 Å². The first-order valence-electron chi connectivity index (χ1n) is 7.18. The predicted molar refractivity (Wildman–Crippen MR) is 81.9 cm³/mol. The lowest BCUT2D eigenvalue weighted by Gasteiger charge is -2.35. The number of rotatable bonds is 6. The monoisotopic (exact) mass is 344 g/mol. The number of nitrogens with zero attached hydrogens (tertiary/aromatic N) is 2. The number of carboxylic acid groups (broad SMARTS) is 1. The van der Waals surface area contributed by atoms with Crippen molar-refractivity contribution < 1.29 is 27.8 Å². The zero-order valence-corrected chi connectivity index (χ0v) is 13.9. The first-order chi connectivity index (χ1) is 10.9. The smallest absolute Gasteiger partial charge is 0.335 e. The van der Waals surface area contributed by atoms with Crippen LogP contribution in [0.3, 0.4) is 0 Å². The number of hydrogen-bond acceptors (Lipinski definition) is 6. The van der Waals surface area contributed by atoms with E-state index in [2.05, 4.69) is 0 Å². The quantitative estimate of drug-likeness (QED) is 0.809. The van der Waals surface area contributed by atoms with Crippen LogP contribution in [0.25, 0.3) is 0 Å². The number of morpholine rings is 1. The van der Waals surface area contributed by atoms with Crippen LogP contribution >= 0.6 is 0 Å². The van der Waals surface area contributed by atoms with Gasteiger partial charge in [0.15, 0.2) is 0 Å². The molecule has 1 aliphatic rings. The Kier molecular flexibility index (Phi) is 5.58. The van der Waals surface area contributed by atoms with E-state index in [4.69, 9.17) is 14.6 Å². The van der Waals surface area contributed by atoms with Crippen molar-refractivity contribution in [2.45, 2.75) is 11.8 Å². The van der Waals surface area contributed by atoms with Crippen LogP contribution in [0, 0.1) is 0 Å². The lowest BCUT2D eigenvalue weighted by atomic mass is 10.2. The minimum atomic E-state index is -3.93. The molecule has 1 aromatic rings. The highest BCUT2D eigenvalue weighted by Crippen LogP contribution is 2.29. The van der Waals surface area contributed by atoms with Crippen LogP contribution in [0.4, 0.5) is 0 Å². The number of aromatic carboxylic acids is 1. The van der Waals surface area contributed by atoms with Crippen LogP contribution in [0.1, 0.15) is 17.3 Å². The van der Waals surface area contributed by atoms with E-state index in [1.807, 2.05) is 0 Å². The van der Waals surface area contributed by atoms with Gasteiger partial charge in [0.25, 0.3) is 10.0 Å². The fourth-order valence-corrected chi connectivity index (χ4v) is 4.14. The van der Waals surface area contributed by atoms with E-state index in [1.165, 1.54) is 23.7 Å². The van der Waals surface area contributed by atoms with E-state index < -0.39 is 16.0 Å². The summed E-state index contributed by atoms with van der Waals surface area (Å²) in [6, 6.07) is 3.79. The van der Waals surface area contributed by atoms with Crippen LogP contribution in [0.5, 0.6) is 5.75 Å². The maximum Gasteiger partial charge on any atom is 0.335 e. The summed E-state index contributed by atoms with van der Waals surface area (Å²) in [5, 5.41) is 10.8. The lowest BCUT2D eigenvalue weighted by Crippen LogP contribution is -2.51. The second-order valence-electron chi connectivity index (χ2n) is 4.88. The number of carbonyl (C=O) groups is 1. The average Bonchev–Trinajstić information content (AvgIpc) is 2.55. The van der Waals surface area contributed by atoms with Gasteiger partial charge in [0, 0.05) is 19.6 Å². The number of hydrogen-bond donors (Lipinski definition) is 1. The predicted octanol–water partition coefficient (Wildman–Crippen LogP) is 0.651. The molecule has 8 nitrogen and oxygen atoms in total. The van der Waals surface area contributed by atoms with Crippen LogP contribution in [0.15, 0.2) is 23.1 Å². The first-order valence-corrected chi connectivity index (χ1v) is 8.62. The molecule has 1 aromatic carbocycles. The molecule has 2 rings (SSSR count). The Morgan fingerprint density at radius 3 is 2.57 bits per heavy atom. The molecule has 0 spiro atoms. The maximum absolute atomic E-state index is 13.0. The van der Waals surface area contributed by atoms with Crippen LogP contribution in [0.2, 0.25) is 0 Å². The zero-order chi connectivity index (χ0) is 17.0. The molecule has 1 fully saturated rings. The van der Waals surface area contributed by atoms with Crippen molar-refractivity contribution in [2.75, 3.05) is 40.0 Å². The third-order valence-corrected chi connectivity index (χ3v) is 5.46. The Hall–Kier alpha value is -1.68. The number of sulfonamides is 1. The van der Waals surface area contributed by atoms with E-state index in [1.54, 1.807) is 11.9 Å². The highest BCUT2D eigenvalue weighted by atomic mass is 32.2. The maximum atomic E-state index is 13.0. The van der Waals surface area contributed by atoms with Gasteiger partial charge in [-0.2, -0.15) is 0 Å². The third-order valence-electron chi connectivity index (χ3n) is 3.54. The first kappa shape index (κ1) is 17.7. The molecule has 0 bridgehead atoms. The highest BCUT2D eigenvalue weighted by Gasteiger charge is 2.32. The lowest BCUT2D eigenvalue weighted by molar-refractivity contribution is -0.0398. The van der Waals surface area contributed by atoms with Crippen molar-refractivity contribution in [3.8, 4) is 5.75 Å². The molecule has 1 saturated heterocycles. The standard InChI is InChI=1S/C14H20N2O6S/c1-3-16(15-6-8-22-9-7-15)23(19,20)13-10-11(14(17)18)4-5-12(13)21-2/h4-5,10H,3,6-9H2,1-2H3,(H,17,18). The molecule has 128 valence electrons. The molecule has 9 heteroatoms. The van der Waals surface area contributed by atoms with Crippen LogP contribution in [-0.4, -0.2) is 68.9 Å². The van der Waals surface area contributed by atoms with E-state index in [-0.39, 0.29) is 22.8 Å². The molecule has 0 aliphatic carbocycles. The average molecular weight is 344 g/mol. The fourth-order valence-electron chi connectivity index (χ4n) is 2.42. The fraction of sp³-hybridized carbons (Fsp3) is 0.500. The van der Waals surface area contributed by atoms with Gasteiger partial charge in [0.1, 0.15) is 10.6 Å². The van der Waals surface area contributed by atoms with Gasteiger partial charge in [0.05, 0.1) is 25.9 Å². The van der Waals surface area contributed by atoms with Crippen molar-refractivity contribution in [3.63, 3.8) is 0 Å². The molecule has 0 atom stereocenters. The van der Waals surface area contributed by atoms with Gasteiger partial charge < -0.3 is 14.6 Å². The summed E-state index contributed by atoms with van der Waals surface area (Å²) in [7, 11) is -2.59. The number of hydrazine groups is 1. The molecule has 0 radical (unpaired) electrons. The van der Waals surface area contributed by atoms with E-state index in [9.17, 15) is 13.2 Å². The van der Waals surface area contributed by atoms with Gasteiger partial charge in [0.2, 0.25) is 0 Å². The van der Waals surface area contributed by atoms with E-state index in [0.717, 1.165) is 6.07 Å². The Morgan fingerprint density at radius 1 is 1.39 bits per heavy atom.